The van der Waals surface area contributed by atoms with Gasteiger partial charge in [-0.1, -0.05) is 12.1 Å². The summed E-state index contributed by atoms with van der Waals surface area (Å²) in [7, 11) is 3.55. The Balaban J connectivity index is 2.37. The van der Waals surface area contributed by atoms with Gasteiger partial charge in [-0.2, -0.15) is 4.98 Å². The molecular formula is C11H21N3O3. The van der Waals surface area contributed by atoms with Crippen LogP contribution >= 0.6 is 0 Å². The van der Waals surface area contributed by atoms with E-state index < -0.39 is 0 Å². The minimum atomic E-state index is -0.309. The van der Waals surface area contributed by atoms with Gasteiger partial charge in [0, 0.05) is 20.1 Å². The molecule has 0 saturated carbocycles. The van der Waals surface area contributed by atoms with Crippen LogP contribution in [-0.2, 0) is 17.7 Å². The first-order chi connectivity index (χ1) is 8.15. The van der Waals surface area contributed by atoms with E-state index in [0.717, 1.165) is 6.42 Å². The number of rotatable bonds is 8. The highest BCUT2D eigenvalue weighted by atomic mass is 16.5. The number of aliphatic hydroxyl groups is 1. The summed E-state index contributed by atoms with van der Waals surface area (Å²) in [6, 6.07) is 0. The number of aliphatic hydroxyl groups excluding tert-OH is 1. The molecule has 0 saturated heterocycles. The lowest BCUT2D eigenvalue weighted by molar-refractivity contribution is 0.114. The minimum Gasteiger partial charge on any atom is -0.392 e. The average Bonchev–Trinajstić information content (AvgIpc) is 2.73. The predicted molar refractivity (Wildman–Crippen MR) is 62.5 cm³/mol. The van der Waals surface area contributed by atoms with Crippen molar-refractivity contribution < 1.29 is 14.4 Å². The van der Waals surface area contributed by atoms with Gasteiger partial charge in [0.2, 0.25) is 5.89 Å². The summed E-state index contributed by atoms with van der Waals surface area (Å²) in [6.45, 7) is 3.70. The van der Waals surface area contributed by atoms with Crippen LogP contribution in [0.3, 0.4) is 0 Å². The topological polar surface area (TPSA) is 71.6 Å². The van der Waals surface area contributed by atoms with Crippen molar-refractivity contribution in [2.24, 2.45) is 0 Å². The van der Waals surface area contributed by atoms with E-state index in [-0.39, 0.29) is 6.10 Å². The highest BCUT2D eigenvalue weighted by molar-refractivity contribution is 4.86. The lowest BCUT2D eigenvalue weighted by Crippen LogP contribution is -2.28. The van der Waals surface area contributed by atoms with Gasteiger partial charge in [-0.05, 0) is 13.5 Å². The quantitative estimate of drug-likeness (QED) is 0.715. The van der Waals surface area contributed by atoms with Crippen LogP contribution in [0.5, 0.6) is 0 Å². The molecule has 1 aromatic heterocycles. The number of ether oxygens (including phenoxy) is 1. The Morgan fingerprint density at radius 2 is 2.29 bits per heavy atom. The van der Waals surface area contributed by atoms with Gasteiger partial charge in [-0.15, -0.1) is 0 Å². The van der Waals surface area contributed by atoms with Gasteiger partial charge in [0.25, 0.3) is 0 Å². The second kappa shape index (κ2) is 7.37. The number of hydrogen-bond donors (Lipinski definition) is 1. The van der Waals surface area contributed by atoms with Gasteiger partial charge < -0.3 is 14.4 Å². The van der Waals surface area contributed by atoms with Crippen LogP contribution in [0.25, 0.3) is 0 Å². The molecule has 0 bridgehead atoms. The highest BCUT2D eigenvalue weighted by Gasteiger charge is 2.11. The Morgan fingerprint density at radius 3 is 2.94 bits per heavy atom. The van der Waals surface area contributed by atoms with E-state index in [1.807, 2.05) is 18.9 Å². The Kier molecular flexibility index (Phi) is 6.10. The van der Waals surface area contributed by atoms with Crippen molar-refractivity contribution in [3.63, 3.8) is 0 Å². The molecule has 0 aliphatic rings. The maximum absolute atomic E-state index is 9.50. The molecule has 0 aliphatic heterocycles. The van der Waals surface area contributed by atoms with Gasteiger partial charge >= 0.3 is 0 Å². The molecule has 6 nitrogen and oxygen atoms in total. The van der Waals surface area contributed by atoms with Crippen LogP contribution in [0.1, 0.15) is 25.1 Å². The second-order valence-corrected chi connectivity index (χ2v) is 4.11. The van der Waals surface area contributed by atoms with Crippen molar-refractivity contribution in [3.8, 4) is 0 Å². The van der Waals surface area contributed by atoms with Crippen LogP contribution < -0.4 is 0 Å². The fourth-order valence-electron chi connectivity index (χ4n) is 1.43. The molecule has 0 radical (unpaired) electrons. The predicted octanol–water partition coefficient (Wildman–Crippen LogP) is 0.461. The second-order valence-electron chi connectivity index (χ2n) is 4.11. The summed E-state index contributed by atoms with van der Waals surface area (Å²) in [5.41, 5.74) is 0. The maximum Gasteiger partial charge on any atom is 0.240 e. The van der Waals surface area contributed by atoms with Crippen LogP contribution in [0.4, 0.5) is 0 Å². The third-order valence-corrected chi connectivity index (χ3v) is 2.44. The third-order valence-electron chi connectivity index (χ3n) is 2.44. The first kappa shape index (κ1) is 14.1. The largest absolute Gasteiger partial charge is 0.392 e. The standard InChI is InChI=1S/C11H21N3O3/c1-4-9(15)7-14(2)8-11-12-10(13-17-11)5-6-16-3/h9,15H,4-8H2,1-3H3/t9-/m1/s1. The van der Waals surface area contributed by atoms with E-state index in [9.17, 15) is 5.11 Å². The Hall–Kier alpha value is -0.980. The van der Waals surface area contributed by atoms with E-state index >= 15 is 0 Å². The highest BCUT2D eigenvalue weighted by Crippen LogP contribution is 2.03. The minimum absolute atomic E-state index is 0.309. The third kappa shape index (κ3) is 5.25. The van der Waals surface area contributed by atoms with Crippen molar-refractivity contribution >= 4 is 0 Å². The van der Waals surface area contributed by atoms with E-state index in [1.165, 1.54) is 0 Å². The molecule has 0 aromatic carbocycles. The van der Waals surface area contributed by atoms with Gasteiger partial charge in [0.15, 0.2) is 5.82 Å². The monoisotopic (exact) mass is 243 g/mol. The molecule has 0 unspecified atom stereocenters. The van der Waals surface area contributed by atoms with Gasteiger partial charge in [-0.25, -0.2) is 0 Å². The average molecular weight is 243 g/mol. The zero-order valence-corrected chi connectivity index (χ0v) is 10.7. The lowest BCUT2D eigenvalue weighted by atomic mass is 10.2. The lowest BCUT2D eigenvalue weighted by Gasteiger charge is -2.17. The SMILES string of the molecule is CC[C@@H](O)CN(C)Cc1nc(CCOC)no1. The maximum atomic E-state index is 9.50. The van der Waals surface area contributed by atoms with Crippen LogP contribution in [0, 0.1) is 0 Å². The van der Waals surface area contributed by atoms with Gasteiger partial charge in [-0.3, -0.25) is 4.90 Å². The fraction of sp³-hybridized carbons (Fsp3) is 0.818. The molecule has 0 fully saturated rings. The fourth-order valence-corrected chi connectivity index (χ4v) is 1.43. The first-order valence-corrected chi connectivity index (χ1v) is 5.82. The summed E-state index contributed by atoms with van der Waals surface area (Å²) in [4.78, 5) is 6.20. The number of hydrogen-bond acceptors (Lipinski definition) is 6. The molecule has 6 heteroatoms. The molecule has 17 heavy (non-hydrogen) atoms. The van der Waals surface area contributed by atoms with Crippen LogP contribution in [0.2, 0.25) is 0 Å². The molecule has 98 valence electrons. The number of aromatic nitrogens is 2. The zero-order chi connectivity index (χ0) is 12.7. The Bertz CT molecular complexity index is 317. The number of methoxy groups -OCH3 is 1. The van der Waals surface area contributed by atoms with Crippen molar-refractivity contribution in [2.75, 3.05) is 27.3 Å². The molecule has 0 aliphatic carbocycles. The van der Waals surface area contributed by atoms with Crippen molar-refractivity contribution in [1.29, 1.82) is 0 Å². The first-order valence-electron chi connectivity index (χ1n) is 5.82. The van der Waals surface area contributed by atoms with Crippen molar-refractivity contribution in [3.05, 3.63) is 11.7 Å². The molecule has 1 aromatic rings. The molecule has 0 amide bonds. The molecule has 0 spiro atoms. The van der Waals surface area contributed by atoms with E-state index in [1.54, 1.807) is 7.11 Å². The smallest absolute Gasteiger partial charge is 0.240 e. The van der Waals surface area contributed by atoms with Crippen molar-refractivity contribution in [2.45, 2.75) is 32.4 Å². The van der Waals surface area contributed by atoms with E-state index in [4.69, 9.17) is 9.26 Å². The molecular weight excluding hydrogens is 222 g/mol. The normalized spacial score (nSPS) is 13.2. The number of nitrogens with zero attached hydrogens (tertiary/aromatic N) is 3. The molecule has 1 rings (SSSR count). The zero-order valence-electron chi connectivity index (χ0n) is 10.7. The van der Waals surface area contributed by atoms with E-state index in [0.29, 0.717) is 37.8 Å². The van der Waals surface area contributed by atoms with Crippen LogP contribution in [-0.4, -0.2) is 53.6 Å². The molecule has 1 N–H and O–H groups in total. The summed E-state index contributed by atoms with van der Waals surface area (Å²) in [5, 5.41) is 13.4. The summed E-state index contributed by atoms with van der Waals surface area (Å²) >= 11 is 0. The van der Waals surface area contributed by atoms with E-state index in [2.05, 4.69) is 10.1 Å². The molecule has 1 heterocycles. The van der Waals surface area contributed by atoms with Gasteiger partial charge in [0.1, 0.15) is 0 Å². The number of likely N-dealkylation sites (N-methyl/N-ethyl adjacent to an activating group) is 1. The summed E-state index contributed by atoms with van der Waals surface area (Å²) < 4.78 is 10.0. The Labute approximate surface area is 102 Å². The van der Waals surface area contributed by atoms with Crippen LogP contribution in [0.15, 0.2) is 4.52 Å². The summed E-state index contributed by atoms with van der Waals surface area (Å²) in [6.07, 6.45) is 1.09. The van der Waals surface area contributed by atoms with Gasteiger partial charge in [0.05, 0.1) is 19.3 Å². The summed E-state index contributed by atoms with van der Waals surface area (Å²) in [5.74, 6) is 1.23. The Morgan fingerprint density at radius 1 is 1.53 bits per heavy atom. The van der Waals surface area contributed by atoms with Crippen molar-refractivity contribution in [1.82, 2.24) is 15.0 Å². The molecule has 1 atom stereocenters.